The van der Waals surface area contributed by atoms with Gasteiger partial charge in [-0.1, -0.05) is 29.3 Å². The molecule has 0 radical (unpaired) electrons. The van der Waals surface area contributed by atoms with Crippen LogP contribution in [0.5, 0.6) is 5.75 Å². The van der Waals surface area contributed by atoms with Crippen molar-refractivity contribution in [2.45, 2.75) is 13.5 Å². The Morgan fingerprint density at radius 3 is 2.26 bits per heavy atom. The number of hydrogen-bond donors (Lipinski definition) is 1. The first kappa shape index (κ1) is 26.1. The molecule has 0 unspecified atom stereocenters. The number of aromatic amines is 1. The monoisotopic (exact) mass is 536 g/mol. The molecule has 2 aromatic carbocycles. The van der Waals surface area contributed by atoms with Crippen LogP contribution in [0.25, 0.3) is 0 Å². The highest BCUT2D eigenvalue weighted by Crippen LogP contribution is 2.19. The Labute approximate surface area is 227 Å². The summed E-state index contributed by atoms with van der Waals surface area (Å²) in [4.78, 5) is 41.2. The van der Waals surface area contributed by atoms with Crippen LogP contribution in [0.1, 0.15) is 11.3 Å². The fourth-order valence-electron chi connectivity index (χ4n) is 4.81. The number of carbonyl (C=O) groups is 1. The highest BCUT2D eigenvalue weighted by atomic mass is 35.5. The van der Waals surface area contributed by atoms with E-state index in [1.54, 1.807) is 35.2 Å². The summed E-state index contributed by atoms with van der Waals surface area (Å²) >= 11 is 5.89. The number of H-pyrrole nitrogens is 1. The Morgan fingerprint density at radius 2 is 1.58 bits per heavy atom. The molecule has 2 aliphatic heterocycles. The average Bonchev–Trinajstić information content (AvgIpc) is 2.93. The molecule has 3 heterocycles. The first-order chi connectivity index (χ1) is 18.4. The van der Waals surface area contributed by atoms with Crippen LogP contribution in [0.4, 0.5) is 11.6 Å². The van der Waals surface area contributed by atoms with E-state index in [1.807, 2.05) is 4.90 Å². The number of aryl methyl sites for hydroxylation is 1. The molecule has 5 rings (SSSR count). The molecule has 1 N–H and O–H groups in total. The maximum atomic E-state index is 12.6. The van der Waals surface area contributed by atoms with Crippen LogP contribution in [-0.4, -0.2) is 84.6 Å². The van der Waals surface area contributed by atoms with Gasteiger partial charge in [0.05, 0.1) is 5.69 Å². The lowest BCUT2D eigenvalue weighted by molar-refractivity contribution is -0.133. The van der Waals surface area contributed by atoms with E-state index in [0.29, 0.717) is 49.4 Å². The van der Waals surface area contributed by atoms with Gasteiger partial charge in [-0.2, -0.15) is 0 Å². The van der Waals surface area contributed by atoms with Gasteiger partial charge in [0.2, 0.25) is 5.95 Å². The first-order valence-corrected chi connectivity index (χ1v) is 13.4. The van der Waals surface area contributed by atoms with E-state index in [-0.39, 0.29) is 18.1 Å². The smallest absolute Gasteiger partial charge is 0.260 e. The van der Waals surface area contributed by atoms with E-state index in [0.717, 1.165) is 31.9 Å². The minimum absolute atomic E-state index is 0.0244. The standard InChI is InChI=1S/C28H33ClN6O3/c1-21-2-6-24(7-3-21)33-12-10-32(11-13-33)19-23-18-26(36)31-28(30-23)35-16-14-34(15-17-35)27(37)20-38-25-8-4-22(29)5-9-25/h2-9,18H,10-17,19-20H2,1H3,(H,30,31,36). The van der Waals surface area contributed by atoms with Gasteiger partial charge in [-0.15, -0.1) is 0 Å². The summed E-state index contributed by atoms with van der Waals surface area (Å²) < 4.78 is 5.60. The average molecular weight is 537 g/mol. The second kappa shape index (κ2) is 11.9. The number of benzene rings is 2. The van der Waals surface area contributed by atoms with Gasteiger partial charge in [-0.25, -0.2) is 4.98 Å². The molecule has 3 aromatic rings. The fraction of sp³-hybridized carbons (Fsp3) is 0.393. The summed E-state index contributed by atoms with van der Waals surface area (Å²) in [6.07, 6.45) is 0. The highest BCUT2D eigenvalue weighted by Gasteiger charge is 2.24. The van der Waals surface area contributed by atoms with Crippen LogP contribution in [-0.2, 0) is 11.3 Å². The zero-order valence-corrected chi connectivity index (χ0v) is 22.4. The molecule has 200 valence electrons. The SMILES string of the molecule is Cc1ccc(N2CCN(Cc3cc(=O)[nH]c(N4CCN(C(=O)COc5ccc(Cl)cc5)CC4)n3)CC2)cc1. The van der Waals surface area contributed by atoms with Crippen molar-refractivity contribution < 1.29 is 9.53 Å². The quantitative estimate of drug-likeness (QED) is 0.497. The van der Waals surface area contributed by atoms with Crippen LogP contribution in [0.15, 0.2) is 59.4 Å². The van der Waals surface area contributed by atoms with Crippen molar-refractivity contribution in [2.75, 3.05) is 68.8 Å². The molecule has 1 amide bonds. The summed E-state index contributed by atoms with van der Waals surface area (Å²) in [5, 5.41) is 0.621. The maximum absolute atomic E-state index is 12.6. The van der Waals surface area contributed by atoms with Gasteiger partial charge in [0.15, 0.2) is 6.61 Å². The van der Waals surface area contributed by atoms with Gasteiger partial charge in [-0.3, -0.25) is 19.5 Å². The lowest BCUT2D eigenvalue weighted by Crippen LogP contribution is -2.50. The molecular weight excluding hydrogens is 504 g/mol. The van der Waals surface area contributed by atoms with Crippen LogP contribution in [0.3, 0.4) is 0 Å². The van der Waals surface area contributed by atoms with E-state index < -0.39 is 0 Å². The normalized spacial score (nSPS) is 16.5. The van der Waals surface area contributed by atoms with Crippen molar-refractivity contribution in [3.05, 3.63) is 81.2 Å². The number of halogens is 1. The number of ether oxygens (including phenoxy) is 1. The Kier molecular flexibility index (Phi) is 8.14. The third-order valence-electron chi connectivity index (χ3n) is 7.05. The zero-order valence-electron chi connectivity index (χ0n) is 21.6. The Balaban J connectivity index is 1.11. The van der Waals surface area contributed by atoms with Crippen LogP contribution in [0.2, 0.25) is 5.02 Å². The van der Waals surface area contributed by atoms with Gasteiger partial charge in [0, 0.05) is 75.7 Å². The fourth-order valence-corrected chi connectivity index (χ4v) is 4.93. The molecule has 2 aliphatic rings. The summed E-state index contributed by atoms with van der Waals surface area (Å²) in [5.41, 5.74) is 3.13. The predicted octanol–water partition coefficient (Wildman–Crippen LogP) is 2.78. The van der Waals surface area contributed by atoms with Gasteiger partial charge in [-0.05, 0) is 43.3 Å². The Morgan fingerprint density at radius 1 is 0.921 bits per heavy atom. The molecule has 0 atom stereocenters. The van der Waals surface area contributed by atoms with Crippen molar-refractivity contribution >= 4 is 29.1 Å². The molecule has 2 saturated heterocycles. The maximum Gasteiger partial charge on any atom is 0.260 e. The summed E-state index contributed by atoms with van der Waals surface area (Å²) in [6, 6.07) is 17.2. The van der Waals surface area contributed by atoms with E-state index in [9.17, 15) is 9.59 Å². The Bertz CT molecular complexity index is 1280. The number of amides is 1. The molecule has 10 heteroatoms. The molecule has 9 nitrogen and oxygen atoms in total. The van der Waals surface area contributed by atoms with E-state index in [4.69, 9.17) is 21.3 Å². The number of anilines is 2. The second-order valence-electron chi connectivity index (χ2n) is 9.77. The third-order valence-corrected chi connectivity index (χ3v) is 7.30. The number of nitrogens with one attached hydrogen (secondary N) is 1. The van der Waals surface area contributed by atoms with Gasteiger partial charge in [0.1, 0.15) is 5.75 Å². The molecule has 2 fully saturated rings. The summed E-state index contributed by atoms with van der Waals surface area (Å²) in [6.45, 7) is 8.69. The number of aromatic nitrogens is 2. The number of piperazine rings is 2. The lowest BCUT2D eigenvalue weighted by Gasteiger charge is -2.36. The minimum Gasteiger partial charge on any atom is -0.484 e. The molecular formula is C28H33ClN6O3. The van der Waals surface area contributed by atoms with Gasteiger partial charge in [0.25, 0.3) is 11.5 Å². The van der Waals surface area contributed by atoms with Gasteiger partial charge >= 0.3 is 0 Å². The number of hydrogen-bond acceptors (Lipinski definition) is 7. The van der Waals surface area contributed by atoms with Crippen LogP contribution in [0, 0.1) is 6.92 Å². The highest BCUT2D eigenvalue weighted by molar-refractivity contribution is 6.30. The number of rotatable bonds is 7. The van der Waals surface area contributed by atoms with E-state index >= 15 is 0 Å². The number of nitrogens with zero attached hydrogens (tertiary/aromatic N) is 5. The molecule has 0 bridgehead atoms. The first-order valence-electron chi connectivity index (χ1n) is 13.0. The predicted molar refractivity (Wildman–Crippen MR) is 149 cm³/mol. The van der Waals surface area contributed by atoms with Crippen molar-refractivity contribution in [3.8, 4) is 5.75 Å². The second-order valence-corrected chi connectivity index (χ2v) is 10.2. The largest absolute Gasteiger partial charge is 0.484 e. The molecule has 1 aromatic heterocycles. The van der Waals surface area contributed by atoms with Crippen molar-refractivity contribution in [1.29, 1.82) is 0 Å². The van der Waals surface area contributed by atoms with Crippen molar-refractivity contribution in [3.63, 3.8) is 0 Å². The zero-order chi connectivity index (χ0) is 26.5. The lowest BCUT2D eigenvalue weighted by atomic mass is 10.2. The topological polar surface area (TPSA) is 85.0 Å². The van der Waals surface area contributed by atoms with Crippen molar-refractivity contribution in [1.82, 2.24) is 19.8 Å². The molecule has 38 heavy (non-hydrogen) atoms. The molecule has 0 saturated carbocycles. The third kappa shape index (κ3) is 6.65. The summed E-state index contributed by atoms with van der Waals surface area (Å²) in [7, 11) is 0. The van der Waals surface area contributed by atoms with Crippen LogP contribution < -0.4 is 20.1 Å². The molecule has 0 spiro atoms. The van der Waals surface area contributed by atoms with Gasteiger partial charge < -0.3 is 19.4 Å². The van der Waals surface area contributed by atoms with Crippen molar-refractivity contribution in [2.24, 2.45) is 0 Å². The minimum atomic E-state index is -0.154. The van der Waals surface area contributed by atoms with E-state index in [2.05, 4.69) is 46.0 Å². The molecule has 0 aliphatic carbocycles. The Hall–Kier alpha value is -3.56. The van der Waals surface area contributed by atoms with E-state index in [1.165, 1.54) is 11.3 Å². The summed E-state index contributed by atoms with van der Waals surface area (Å²) in [5.74, 6) is 1.10. The number of carbonyl (C=O) groups excluding carboxylic acids is 1. The van der Waals surface area contributed by atoms with Crippen LogP contribution >= 0.6 is 11.6 Å².